The Kier molecular flexibility index (Phi) is 2.10. The summed E-state index contributed by atoms with van der Waals surface area (Å²) in [5.74, 6) is 1.77. The molecule has 0 saturated carbocycles. The molecule has 3 nitrogen and oxygen atoms in total. The molecule has 4 heteroatoms. The van der Waals surface area contributed by atoms with Crippen molar-refractivity contribution >= 4 is 11.6 Å². The molecule has 0 aromatic carbocycles. The molecule has 0 bridgehead atoms. The molecule has 0 aliphatic carbocycles. The summed E-state index contributed by atoms with van der Waals surface area (Å²) in [4.78, 5) is 4.01. The standard InChI is InChI=1S/C9H8ClNO2/c1-6(10)9-11-5-8(13-9)7-3-2-4-12-7/h2-6H,1H3. The first-order valence-corrected chi connectivity index (χ1v) is 4.34. The molecule has 0 N–H and O–H groups in total. The molecule has 2 aromatic rings. The molecule has 0 amide bonds. The Balaban J connectivity index is 2.33. The van der Waals surface area contributed by atoms with E-state index >= 15 is 0 Å². The van der Waals surface area contributed by atoms with Gasteiger partial charge in [0.15, 0.2) is 11.5 Å². The molecule has 68 valence electrons. The van der Waals surface area contributed by atoms with E-state index in [1.54, 1.807) is 25.5 Å². The topological polar surface area (TPSA) is 39.2 Å². The Morgan fingerprint density at radius 2 is 2.31 bits per heavy atom. The minimum atomic E-state index is -0.219. The molecule has 0 aliphatic heterocycles. The smallest absolute Gasteiger partial charge is 0.212 e. The number of alkyl halides is 1. The number of hydrogen-bond donors (Lipinski definition) is 0. The van der Waals surface area contributed by atoms with Crippen LogP contribution in [0.15, 0.2) is 33.4 Å². The van der Waals surface area contributed by atoms with E-state index in [0.717, 1.165) is 0 Å². The van der Waals surface area contributed by atoms with E-state index in [-0.39, 0.29) is 5.38 Å². The van der Waals surface area contributed by atoms with Gasteiger partial charge < -0.3 is 8.83 Å². The Labute approximate surface area is 80.3 Å². The van der Waals surface area contributed by atoms with Gasteiger partial charge in [0, 0.05) is 0 Å². The van der Waals surface area contributed by atoms with Gasteiger partial charge in [0.25, 0.3) is 0 Å². The van der Waals surface area contributed by atoms with Gasteiger partial charge in [-0.15, -0.1) is 11.6 Å². The first kappa shape index (κ1) is 8.38. The molecule has 0 saturated heterocycles. The zero-order valence-corrected chi connectivity index (χ0v) is 7.78. The largest absolute Gasteiger partial charge is 0.461 e. The van der Waals surface area contributed by atoms with E-state index in [1.165, 1.54) is 0 Å². The third-order valence-electron chi connectivity index (χ3n) is 1.63. The molecule has 0 aliphatic rings. The zero-order valence-electron chi connectivity index (χ0n) is 7.03. The minimum absolute atomic E-state index is 0.219. The van der Waals surface area contributed by atoms with Crippen LogP contribution < -0.4 is 0 Å². The maximum absolute atomic E-state index is 5.79. The normalized spacial score (nSPS) is 13.1. The second-order valence-corrected chi connectivity index (χ2v) is 3.31. The van der Waals surface area contributed by atoms with Crippen molar-refractivity contribution in [2.75, 3.05) is 0 Å². The van der Waals surface area contributed by atoms with Crippen molar-refractivity contribution in [3.05, 3.63) is 30.5 Å². The van der Waals surface area contributed by atoms with Crippen LogP contribution in [0, 0.1) is 0 Å². The van der Waals surface area contributed by atoms with E-state index in [4.69, 9.17) is 20.4 Å². The lowest BCUT2D eigenvalue weighted by Crippen LogP contribution is -1.80. The number of rotatable bonds is 2. The summed E-state index contributed by atoms with van der Waals surface area (Å²) in [7, 11) is 0. The maximum Gasteiger partial charge on any atom is 0.212 e. The van der Waals surface area contributed by atoms with Crippen LogP contribution in [0.3, 0.4) is 0 Å². The maximum atomic E-state index is 5.79. The fourth-order valence-electron chi connectivity index (χ4n) is 1.00. The first-order valence-electron chi connectivity index (χ1n) is 3.91. The third kappa shape index (κ3) is 1.60. The lowest BCUT2D eigenvalue weighted by Gasteiger charge is -1.93. The number of nitrogens with zero attached hydrogens (tertiary/aromatic N) is 1. The van der Waals surface area contributed by atoms with Crippen molar-refractivity contribution in [2.24, 2.45) is 0 Å². The minimum Gasteiger partial charge on any atom is -0.461 e. The third-order valence-corrected chi connectivity index (χ3v) is 1.81. The van der Waals surface area contributed by atoms with Crippen molar-refractivity contribution in [2.45, 2.75) is 12.3 Å². The van der Waals surface area contributed by atoms with Gasteiger partial charge in [0.05, 0.1) is 12.5 Å². The van der Waals surface area contributed by atoms with E-state index in [2.05, 4.69) is 4.98 Å². The van der Waals surface area contributed by atoms with Crippen molar-refractivity contribution < 1.29 is 8.83 Å². The van der Waals surface area contributed by atoms with E-state index < -0.39 is 0 Å². The lowest BCUT2D eigenvalue weighted by atomic mass is 10.4. The first-order chi connectivity index (χ1) is 6.27. The molecule has 1 unspecified atom stereocenters. The highest BCUT2D eigenvalue weighted by molar-refractivity contribution is 6.20. The number of furan rings is 1. The summed E-state index contributed by atoms with van der Waals surface area (Å²) in [5.41, 5.74) is 0. The number of oxazole rings is 1. The van der Waals surface area contributed by atoms with Gasteiger partial charge in [-0.05, 0) is 19.1 Å². The summed E-state index contributed by atoms with van der Waals surface area (Å²) >= 11 is 5.79. The Bertz CT molecular complexity index is 378. The van der Waals surface area contributed by atoms with E-state index in [9.17, 15) is 0 Å². The van der Waals surface area contributed by atoms with Gasteiger partial charge in [0.2, 0.25) is 5.89 Å². The SMILES string of the molecule is CC(Cl)c1ncc(-c2ccco2)o1. The number of aromatic nitrogens is 1. The summed E-state index contributed by atoms with van der Waals surface area (Å²) in [6, 6.07) is 3.60. The van der Waals surface area contributed by atoms with Crippen molar-refractivity contribution in [3.8, 4) is 11.5 Å². The Hall–Kier alpha value is -1.22. The van der Waals surface area contributed by atoms with Gasteiger partial charge in [0.1, 0.15) is 5.38 Å². The van der Waals surface area contributed by atoms with Crippen molar-refractivity contribution in [1.82, 2.24) is 4.98 Å². The highest BCUT2D eigenvalue weighted by Crippen LogP contribution is 2.25. The molecular weight excluding hydrogens is 190 g/mol. The van der Waals surface area contributed by atoms with Crippen molar-refractivity contribution in [3.63, 3.8) is 0 Å². The van der Waals surface area contributed by atoms with Crippen LogP contribution in [0.4, 0.5) is 0 Å². The molecule has 1 atom stereocenters. The van der Waals surface area contributed by atoms with Gasteiger partial charge in [-0.1, -0.05) is 0 Å². The highest BCUT2D eigenvalue weighted by atomic mass is 35.5. The summed E-state index contributed by atoms with van der Waals surface area (Å²) in [6.45, 7) is 1.80. The number of halogens is 1. The molecule has 0 radical (unpaired) electrons. The van der Waals surface area contributed by atoms with Crippen LogP contribution in [0.25, 0.3) is 11.5 Å². The predicted molar refractivity (Wildman–Crippen MR) is 48.5 cm³/mol. The van der Waals surface area contributed by atoms with Crippen LogP contribution >= 0.6 is 11.6 Å². The lowest BCUT2D eigenvalue weighted by molar-refractivity contribution is 0.483. The number of hydrogen-bond acceptors (Lipinski definition) is 3. The van der Waals surface area contributed by atoms with Gasteiger partial charge in [-0.3, -0.25) is 0 Å². The highest BCUT2D eigenvalue weighted by Gasteiger charge is 2.11. The zero-order chi connectivity index (χ0) is 9.26. The van der Waals surface area contributed by atoms with Crippen LogP contribution in [-0.4, -0.2) is 4.98 Å². The summed E-state index contributed by atoms with van der Waals surface area (Å²) in [6.07, 6.45) is 3.19. The van der Waals surface area contributed by atoms with Crippen LogP contribution in [0.5, 0.6) is 0 Å². The van der Waals surface area contributed by atoms with Gasteiger partial charge in [-0.2, -0.15) is 0 Å². The average molecular weight is 198 g/mol. The van der Waals surface area contributed by atoms with Crippen molar-refractivity contribution in [1.29, 1.82) is 0 Å². The monoisotopic (exact) mass is 197 g/mol. The summed E-state index contributed by atoms with van der Waals surface area (Å²) in [5, 5.41) is -0.219. The second kappa shape index (κ2) is 3.26. The average Bonchev–Trinajstić information content (AvgIpc) is 2.75. The van der Waals surface area contributed by atoms with Crippen LogP contribution in [0.2, 0.25) is 0 Å². The fourth-order valence-corrected chi connectivity index (χ4v) is 1.11. The molecule has 13 heavy (non-hydrogen) atoms. The summed E-state index contributed by atoms with van der Waals surface area (Å²) < 4.78 is 10.5. The van der Waals surface area contributed by atoms with Crippen LogP contribution in [-0.2, 0) is 0 Å². The molecule has 0 fully saturated rings. The van der Waals surface area contributed by atoms with Crippen LogP contribution in [0.1, 0.15) is 18.2 Å². The van der Waals surface area contributed by atoms with Gasteiger partial charge >= 0.3 is 0 Å². The Morgan fingerprint density at radius 1 is 1.46 bits per heavy atom. The molecule has 2 heterocycles. The molecule has 0 spiro atoms. The second-order valence-electron chi connectivity index (χ2n) is 2.66. The molecule has 2 aromatic heterocycles. The van der Waals surface area contributed by atoms with E-state index in [0.29, 0.717) is 17.4 Å². The van der Waals surface area contributed by atoms with Gasteiger partial charge in [-0.25, -0.2) is 4.98 Å². The molecule has 2 rings (SSSR count). The quantitative estimate of drug-likeness (QED) is 0.694. The van der Waals surface area contributed by atoms with E-state index in [1.807, 2.05) is 6.07 Å². The fraction of sp³-hybridized carbons (Fsp3) is 0.222. The molecular formula is C9H8ClNO2. The Morgan fingerprint density at radius 3 is 2.85 bits per heavy atom. The predicted octanol–water partition coefficient (Wildman–Crippen LogP) is 3.23.